The lowest BCUT2D eigenvalue weighted by Gasteiger charge is -2.40. The Kier molecular flexibility index (Phi) is 7.32. The quantitative estimate of drug-likeness (QED) is 0.216. The second kappa shape index (κ2) is 8.35. The number of aliphatic imine (C=N–C) groups is 1. The number of phenols is 1. The third-order valence-corrected chi connectivity index (χ3v) is 4.55. The number of nitrogens with zero attached hydrogens (tertiary/aromatic N) is 1. The van der Waals surface area contributed by atoms with Crippen molar-refractivity contribution in [3.8, 4) is 5.75 Å². The van der Waals surface area contributed by atoms with Crippen LogP contribution in [0.15, 0.2) is 23.2 Å². The summed E-state index contributed by atoms with van der Waals surface area (Å²) in [5, 5.41) is 10.0. The lowest BCUT2D eigenvalue weighted by Crippen LogP contribution is -2.72. The van der Waals surface area contributed by atoms with Crippen molar-refractivity contribution in [2.24, 2.45) is 4.99 Å². The van der Waals surface area contributed by atoms with Crippen LogP contribution in [0.5, 0.6) is 5.75 Å². The summed E-state index contributed by atoms with van der Waals surface area (Å²) in [7, 11) is 0. The third-order valence-electron chi connectivity index (χ3n) is 4.55. The van der Waals surface area contributed by atoms with E-state index in [0.29, 0.717) is 6.07 Å². The Hall–Kier alpha value is -2.36. The van der Waals surface area contributed by atoms with Crippen LogP contribution in [0.25, 0.3) is 0 Å². The van der Waals surface area contributed by atoms with Crippen LogP contribution in [0.1, 0.15) is 31.9 Å². The number of benzene rings is 1. The first kappa shape index (κ1) is 30.7. The summed E-state index contributed by atoms with van der Waals surface area (Å²) in [6.07, 6.45) is -8.10. The maximum atomic E-state index is 13.8. The summed E-state index contributed by atoms with van der Waals surface area (Å²) in [6, 6.07) is -3.85. The number of phenolic OH excluding ortho intramolecular Hbond substituents is 1. The summed E-state index contributed by atoms with van der Waals surface area (Å²) < 4.78 is 197. The molecule has 0 radical (unpaired) electrons. The Bertz CT molecular complexity index is 958. The van der Waals surface area contributed by atoms with Gasteiger partial charge >= 0.3 is 41.8 Å². The van der Waals surface area contributed by atoms with Crippen LogP contribution in [0.2, 0.25) is 0 Å². The van der Waals surface area contributed by atoms with Crippen LogP contribution in [-0.4, -0.2) is 53.2 Å². The Balaban J connectivity index is 3.59. The first-order valence-electron chi connectivity index (χ1n) is 8.82. The molecule has 2 nitrogen and oxygen atoms in total. The minimum atomic E-state index is -8.38. The fourth-order valence-corrected chi connectivity index (χ4v) is 2.46. The van der Waals surface area contributed by atoms with Crippen LogP contribution in [0.3, 0.4) is 0 Å². The molecule has 0 spiro atoms. The summed E-state index contributed by atoms with van der Waals surface area (Å²) in [5.41, 5.74) is -1.84. The van der Waals surface area contributed by atoms with Crippen molar-refractivity contribution in [3.63, 3.8) is 0 Å². The van der Waals surface area contributed by atoms with E-state index in [2.05, 4.69) is 0 Å². The normalized spacial score (nSPS) is 15.7. The van der Waals surface area contributed by atoms with E-state index in [0.717, 1.165) is 6.07 Å². The number of para-hydroxylation sites is 1. The number of alkyl halides is 15. The van der Waals surface area contributed by atoms with Crippen LogP contribution in [-0.2, 0) is 5.41 Å². The van der Waals surface area contributed by atoms with Gasteiger partial charge in [-0.1, -0.05) is 32.9 Å². The molecule has 0 fully saturated rings. The second-order valence-corrected chi connectivity index (χ2v) is 8.16. The van der Waals surface area contributed by atoms with Crippen molar-refractivity contribution in [1.82, 2.24) is 0 Å². The molecule has 0 bridgehead atoms. The highest BCUT2D eigenvalue weighted by molar-refractivity contribution is 5.84. The van der Waals surface area contributed by atoms with E-state index in [-0.39, 0.29) is 5.56 Å². The zero-order valence-electron chi connectivity index (χ0n) is 17.4. The van der Waals surface area contributed by atoms with Crippen LogP contribution in [0, 0.1) is 0 Å². The first-order valence-corrected chi connectivity index (χ1v) is 8.82. The van der Waals surface area contributed by atoms with Gasteiger partial charge in [0.25, 0.3) is 0 Å². The highest BCUT2D eigenvalue weighted by atomic mass is 19.4. The number of aromatic hydroxyl groups is 1. The van der Waals surface area contributed by atoms with Crippen LogP contribution >= 0.6 is 0 Å². The Labute approximate surface area is 186 Å². The SMILES string of the molecule is CC(C)(C)c1cccc(C=NC(F)(F)C(F)(F)C(F)(F)C(F)(F)C(F)(F)C(F)(F)C(F)(F)F)c1O. The van der Waals surface area contributed by atoms with Gasteiger partial charge in [0.15, 0.2) is 0 Å². The molecule has 17 heteroatoms. The molecule has 0 aromatic heterocycles. The molecular formula is C18H14F15NO. The lowest BCUT2D eigenvalue weighted by atomic mass is 9.85. The Morgan fingerprint density at radius 3 is 1.43 bits per heavy atom. The summed E-state index contributed by atoms with van der Waals surface area (Å²) in [4.78, 5) is 1.62. The Morgan fingerprint density at radius 2 is 1.03 bits per heavy atom. The second-order valence-electron chi connectivity index (χ2n) is 8.16. The maximum Gasteiger partial charge on any atom is 0.460 e. The van der Waals surface area contributed by atoms with Crippen molar-refractivity contribution in [3.05, 3.63) is 29.3 Å². The molecule has 0 atom stereocenters. The smallest absolute Gasteiger partial charge is 0.460 e. The summed E-state index contributed by atoms with van der Waals surface area (Å²) >= 11 is 0. The topological polar surface area (TPSA) is 32.6 Å². The average Bonchev–Trinajstić information content (AvgIpc) is 2.64. The number of hydrogen-bond acceptors (Lipinski definition) is 2. The minimum Gasteiger partial charge on any atom is -0.507 e. The molecule has 1 N–H and O–H groups in total. The van der Waals surface area contributed by atoms with Gasteiger partial charge < -0.3 is 5.11 Å². The van der Waals surface area contributed by atoms with Gasteiger partial charge in [0.05, 0.1) is 0 Å². The molecule has 0 amide bonds. The maximum absolute atomic E-state index is 13.8. The number of hydrogen-bond donors (Lipinski definition) is 1. The van der Waals surface area contributed by atoms with Crippen molar-refractivity contribution in [2.45, 2.75) is 68.0 Å². The van der Waals surface area contributed by atoms with E-state index in [1.165, 1.54) is 26.8 Å². The van der Waals surface area contributed by atoms with Gasteiger partial charge in [-0.15, -0.1) is 0 Å². The molecule has 0 saturated carbocycles. The van der Waals surface area contributed by atoms with Gasteiger partial charge in [-0.2, -0.15) is 65.9 Å². The molecule has 1 aromatic carbocycles. The predicted molar refractivity (Wildman–Crippen MR) is 90.1 cm³/mol. The zero-order valence-corrected chi connectivity index (χ0v) is 17.4. The van der Waals surface area contributed by atoms with Gasteiger partial charge in [0.1, 0.15) is 5.75 Å². The van der Waals surface area contributed by atoms with Gasteiger partial charge in [-0.05, 0) is 17.0 Å². The molecule has 1 aromatic rings. The average molecular weight is 545 g/mol. The monoisotopic (exact) mass is 545 g/mol. The van der Waals surface area contributed by atoms with Gasteiger partial charge in [-0.3, -0.25) is 0 Å². The fraction of sp³-hybridized carbons (Fsp3) is 0.611. The van der Waals surface area contributed by atoms with Crippen molar-refractivity contribution < 1.29 is 71.0 Å². The molecular weight excluding hydrogens is 531 g/mol. The van der Waals surface area contributed by atoms with E-state index in [9.17, 15) is 71.0 Å². The summed E-state index contributed by atoms with van der Waals surface area (Å²) in [5.74, 6) is -41.6. The molecule has 0 saturated heterocycles. The van der Waals surface area contributed by atoms with Crippen LogP contribution < -0.4 is 0 Å². The molecule has 0 aliphatic rings. The van der Waals surface area contributed by atoms with Crippen molar-refractivity contribution >= 4 is 6.21 Å². The van der Waals surface area contributed by atoms with Crippen molar-refractivity contribution in [1.29, 1.82) is 0 Å². The minimum absolute atomic E-state index is 0.0394. The molecule has 0 unspecified atom stereocenters. The molecule has 35 heavy (non-hydrogen) atoms. The van der Waals surface area contributed by atoms with E-state index in [1.54, 1.807) is 4.99 Å². The predicted octanol–water partition coefficient (Wildman–Crippen LogP) is 7.44. The molecule has 0 aliphatic carbocycles. The van der Waals surface area contributed by atoms with E-state index < -0.39 is 64.8 Å². The Morgan fingerprint density at radius 1 is 0.629 bits per heavy atom. The molecule has 1 rings (SSSR count). The van der Waals surface area contributed by atoms with E-state index in [4.69, 9.17) is 0 Å². The zero-order chi connectivity index (χ0) is 28.3. The first-order chi connectivity index (χ1) is 15.1. The van der Waals surface area contributed by atoms with Crippen molar-refractivity contribution in [2.75, 3.05) is 0 Å². The highest BCUT2D eigenvalue weighted by Crippen LogP contribution is 2.62. The van der Waals surface area contributed by atoms with Crippen LogP contribution in [0.4, 0.5) is 65.9 Å². The highest BCUT2D eigenvalue weighted by Gasteiger charge is 2.93. The van der Waals surface area contributed by atoms with E-state index >= 15 is 0 Å². The number of rotatable bonds is 7. The van der Waals surface area contributed by atoms with Gasteiger partial charge in [0.2, 0.25) is 0 Å². The van der Waals surface area contributed by atoms with Gasteiger partial charge in [-0.25, -0.2) is 4.99 Å². The molecule has 202 valence electrons. The fourth-order valence-electron chi connectivity index (χ4n) is 2.46. The largest absolute Gasteiger partial charge is 0.507 e. The van der Waals surface area contributed by atoms with Gasteiger partial charge in [0, 0.05) is 11.8 Å². The molecule has 0 heterocycles. The lowest BCUT2D eigenvalue weighted by molar-refractivity contribution is -0.451. The third kappa shape index (κ3) is 4.61. The number of halogens is 15. The standard InChI is InChI=1S/C18H14F15NO/c1-11(2,3)9-6-4-5-8(10(9)35)7-34-18(32,33)16(27,28)14(23,24)12(19,20)13(21,22)15(25,26)17(29,30)31/h4-7,35H,1-3H3. The molecule has 0 aliphatic heterocycles. The van der Waals surface area contributed by atoms with E-state index in [1.807, 2.05) is 0 Å². The summed E-state index contributed by atoms with van der Waals surface area (Å²) in [6.45, 7) is 4.39.